The molecule has 1 fully saturated rings. The molecule has 0 aliphatic carbocycles. The lowest BCUT2D eigenvalue weighted by atomic mass is 9.90. The predicted octanol–water partition coefficient (Wildman–Crippen LogP) is 4.19. The van der Waals surface area contributed by atoms with Crippen molar-refractivity contribution in [2.24, 2.45) is 4.99 Å². The topological polar surface area (TPSA) is 61.9 Å². The zero-order valence-corrected chi connectivity index (χ0v) is 19.9. The molecule has 0 unspecified atom stereocenters. The quantitative estimate of drug-likeness (QED) is 0.593. The SMILES string of the molecule is Cc1coc(CN2CCC[C@@H](N3Cc4cc5c(cc4CC3=O)CN=C5c3ccnc(C)c3)C2)c1. The molecular formula is C28H30N4O2. The molecule has 0 saturated carbocycles. The molecule has 3 aliphatic heterocycles. The van der Waals surface area contributed by atoms with E-state index in [1.807, 2.05) is 25.5 Å². The molecule has 0 N–H and O–H groups in total. The molecule has 0 bridgehead atoms. The molecule has 6 nitrogen and oxygen atoms in total. The fourth-order valence-corrected chi connectivity index (χ4v) is 5.68. The molecule has 3 aromatic rings. The van der Waals surface area contributed by atoms with Gasteiger partial charge in [-0.05, 0) is 79.8 Å². The number of aromatic nitrogens is 1. The molecule has 1 amide bonds. The summed E-state index contributed by atoms with van der Waals surface area (Å²) >= 11 is 0. The number of aryl methyl sites for hydroxylation is 2. The molecule has 6 heteroatoms. The van der Waals surface area contributed by atoms with Crippen molar-refractivity contribution in [2.75, 3.05) is 13.1 Å². The minimum atomic E-state index is 0.245. The van der Waals surface area contributed by atoms with Gasteiger partial charge in [0.05, 0.1) is 31.5 Å². The van der Waals surface area contributed by atoms with Crippen LogP contribution in [0.15, 0.2) is 52.2 Å². The predicted molar refractivity (Wildman–Crippen MR) is 131 cm³/mol. The van der Waals surface area contributed by atoms with Crippen molar-refractivity contribution in [3.05, 3.63) is 87.6 Å². The van der Waals surface area contributed by atoms with E-state index in [0.717, 1.165) is 60.8 Å². The lowest BCUT2D eigenvalue weighted by Gasteiger charge is -2.41. The van der Waals surface area contributed by atoms with Crippen LogP contribution in [0.2, 0.25) is 0 Å². The third-order valence-electron chi connectivity index (χ3n) is 7.35. The van der Waals surface area contributed by atoms with Crippen LogP contribution in [0, 0.1) is 13.8 Å². The van der Waals surface area contributed by atoms with Crippen molar-refractivity contribution in [2.45, 2.75) is 58.8 Å². The van der Waals surface area contributed by atoms with E-state index in [1.165, 1.54) is 22.3 Å². The maximum absolute atomic E-state index is 13.2. The number of likely N-dealkylation sites (tertiary alicyclic amines) is 1. The minimum absolute atomic E-state index is 0.245. The number of benzene rings is 1. The summed E-state index contributed by atoms with van der Waals surface area (Å²) in [7, 11) is 0. The van der Waals surface area contributed by atoms with Gasteiger partial charge in [-0.2, -0.15) is 0 Å². The fraction of sp³-hybridized carbons (Fsp3) is 0.393. The maximum atomic E-state index is 13.2. The van der Waals surface area contributed by atoms with Crippen LogP contribution in [0.5, 0.6) is 0 Å². The van der Waals surface area contributed by atoms with Crippen molar-refractivity contribution >= 4 is 11.6 Å². The van der Waals surface area contributed by atoms with E-state index >= 15 is 0 Å². The summed E-state index contributed by atoms with van der Waals surface area (Å²) in [5.74, 6) is 1.25. The van der Waals surface area contributed by atoms with E-state index in [4.69, 9.17) is 9.41 Å². The van der Waals surface area contributed by atoms with E-state index in [9.17, 15) is 4.79 Å². The number of carbonyl (C=O) groups excluding carboxylic acids is 1. The number of pyridine rings is 1. The van der Waals surface area contributed by atoms with Gasteiger partial charge in [-0.1, -0.05) is 6.07 Å². The van der Waals surface area contributed by atoms with Crippen LogP contribution in [0.1, 0.15) is 57.7 Å². The molecule has 1 atom stereocenters. The number of fused-ring (bicyclic) bond motifs is 2. The van der Waals surface area contributed by atoms with Crippen molar-refractivity contribution in [1.29, 1.82) is 0 Å². The van der Waals surface area contributed by atoms with E-state index < -0.39 is 0 Å². The van der Waals surface area contributed by atoms with Crippen molar-refractivity contribution in [3.8, 4) is 0 Å². The first-order valence-electron chi connectivity index (χ1n) is 12.2. The summed E-state index contributed by atoms with van der Waals surface area (Å²) in [4.78, 5) is 26.9. The minimum Gasteiger partial charge on any atom is -0.468 e. The molecule has 174 valence electrons. The monoisotopic (exact) mass is 454 g/mol. The van der Waals surface area contributed by atoms with Gasteiger partial charge in [-0.15, -0.1) is 0 Å². The van der Waals surface area contributed by atoms with Gasteiger partial charge in [0.25, 0.3) is 0 Å². The standard InChI is InChI=1S/C28H30N4O2/c1-18-8-25(34-17-18)16-31-7-3-4-24(15-31)32-14-23-11-26-22(10-21(23)12-27(32)33)13-30-28(26)20-5-6-29-19(2)9-20/h5-6,8-11,17,24H,3-4,7,12-16H2,1-2H3/t24-/m1/s1. The lowest BCUT2D eigenvalue weighted by molar-refractivity contribution is -0.135. The first-order chi connectivity index (χ1) is 16.5. The molecule has 6 rings (SSSR count). The summed E-state index contributed by atoms with van der Waals surface area (Å²) in [6, 6.07) is 11.0. The van der Waals surface area contributed by atoms with Crippen LogP contribution in [0.4, 0.5) is 0 Å². The summed E-state index contributed by atoms with van der Waals surface area (Å²) < 4.78 is 5.67. The fourth-order valence-electron chi connectivity index (χ4n) is 5.68. The molecular weight excluding hydrogens is 424 g/mol. The van der Waals surface area contributed by atoms with Crippen LogP contribution in [-0.4, -0.2) is 45.5 Å². The lowest BCUT2D eigenvalue weighted by Crippen LogP contribution is -2.51. The number of amides is 1. The first-order valence-corrected chi connectivity index (χ1v) is 12.2. The van der Waals surface area contributed by atoms with E-state index in [0.29, 0.717) is 19.5 Å². The number of hydrogen-bond donors (Lipinski definition) is 0. The van der Waals surface area contributed by atoms with Gasteiger partial charge in [0.2, 0.25) is 5.91 Å². The largest absolute Gasteiger partial charge is 0.468 e. The highest BCUT2D eigenvalue weighted by molar-refractivity contribution is 6.15. The molecule has 34 heavy (non-hydrogen) atoms. The van der Waals surface area contributed by atoms with Gasteiger partial charge in [0.1, 0.15) is 5.76 Å². The number of furan rings is 1. The Balaban J connectivity index is 1.22. The highest BCUT2D eigenvalue weighted by Crippen LogP contribution is 2.32. The number of carbonyl (C=O) groups is 1. The van der Waals surface area contributed by atoms with E-state index in [1.54, 1.807) is 0 Å². The third-order valence-corrected chi connectivity index (χ3v) is 7.35. The number of aliphatic imine (C=N–C) groups is 1. The number of nitrogens with zero attached hydrogens (tertiary/aromatic N) is 4. The molecule has 1 saturated heterocycles. The summed E-state index contributed by atoms with van der Waals surface area (Å²) in [6.45, 7) is 8.18. The molecule has 0 spiro atoms. The van der Waals surface area contributed by atoms with Crippen molar-refractivity contribution in [1.82, 2.24) is 14.8 Å². The van der Waals surface area contributed by atoms with Gasteiger partial charge in [-0.3, -0.25) is 19.7 Å². The van der Waals surface area contributed by atoms with Gasteiger partial charge in [0.15, 0.2) is 0 Å². The van der Waals surface area contributed by atoms with Gasteiger partial charge in [0, 0.05) is 42.1 Å². The number of hydrogen-bond acceptors (Lipinski definition) is 5. The zero-order valence-electron chi connectivity index (χ0n) is 19.9. The Kier molecular flexibility index (Phi) is 5.33. The Morgan fingerprint density at radius 2 is 2.03 bits per heavy atom. The Bertz CT molecular complexity index is 1290. The van der Waals surface area contributed by atoms with E-state index in [2.05, 4.69) is 46.0 Å². The Morgan fingerprint density at radius 3 is 2.85 bits per heavy atom. The Morgan fingerprint density at radius 1 is 1.12 bits per heavy atom. The smallest absolute Gasteiger partial charge is 0.227 e. The zero-order chi connectivity index (χ0) is 23.2. The summed E-state index contributed by atoms with van der Waals surface area (Å²) in [5.41, 5.74) is 9.17. The average molecular weight is 455 g/mol. The molecule has 2 aromatic heterocycles. The highest BCUT2D eigenvalue weighted by Gasteiger charge is 2.33. The molecule has 1 aromatic carbocycles. The normalized spacial score (nSPS) is 20.3. The highest BCUT2D eigenvalue weighted by atomic mass is 16.3. The first kappa shape index (κ1) is 21.3. The second-order valence-electron chi connectivity index (χ2n) is 9.95. The van der Waals surface area contributed by atoms with Crippen LogP contribution in [0.3, 0.4) is 0 Å². The molecule has 3 aliphatic rings. The van der Waals surface area contributed by atoms with Crippen molar-refractivity contribution < 1.29 is 9.21 Å². The second kappa shape index (κ2) is 8.51. The number of piperidine rings is 1. The van der Waals surface area contributed by atoms with Crippen LogP contribution in [-0.2, 0) is 30.8 Å². The third kappa shape index (κ3) is 3.96. The summed E-state index contributed by atoms with van der Waals surface area (Å²) in [6.07, 6.45) is 6.31. The Hall–Kier alpha value is -3.25. The second-order valence-corrected chi connectivity index (χ2v) is 9.95. The maximum Gasteiger partial charge on any atom is 0.227 e. The van der Waals surface area contributed by atoms with E-state index in [-0.39, 0.29) is 11.9 Å². The molecule has 5 heterocycles. The van der Waals surface area contributed by atoms with Crippen LogP contribution in [0.25, 0.3) is 0 Å². The average Bonchev–Trinajstić information content (AvgIpc) is 3.42. The number of rotatable bonds is 4. The van der Waals surface area contributed by atoms with Gasteiger partial charge in [-0.25, -0.2) is 0 Å². The van der Waals surface area contributed by atoms with Crippen molar-refractivity contribution in [3.63, 3.8) is 0 Å². The Labute approximate surface area is 200 Å². The van der Waals surface area contributed by atoms with Crippen LogP contribution >= 0.6 is 0 Å². The van der Waals surface area contributed by atoms with Gasteiger partial charge >= 0.3 is 0 Å². The van der Waals surface area contributed by atoms with Crippen LogP contribution < -0.4 is 0 Å². The summed E-state index contributed by atoms with van der Waals surface area (Å²) in [5, 5.41) is 0. The molecule has 0 radical (unpaired) electrons. The van der Waals surface area contributed by atoms with Gasteiger partial charge < -0.3 is 9.32 Å².